The van der Waals surface area contributed by atoms with Crippen molar-refractivity contribution in [2.24, 2.45) is 5.92 Å². The molecule has 0 aromatic rings. The van der Waals surface area contributed by atoms with E-state index in [1.165, 1.54) is 0 Å². The first-order valence-corrected chi connectivity index (χ1v) is 4.29. The molecular formula is C7H16O2Si. The van der Waals surface area contributed by atoms with Gasteiger partial charge in [0.25, 0.3) is 0 Å². The summed E-state index contributed by atoms with van der Waals surface area (Å²) in [5, 5.41) is 0. The topological polar surface area (TPSA) is 18.5 Å². The summed E-state index contributed by atoms with van der Waals surface area (Å²) in [4.78, 5) is 0. The molecule has 2 atom stereocenters. The Labute approximate surface area is 65.8 Å². The fourth-order valence-corrected chi connectivity index (χ4v) is 0.559. The molecule has 0 aliphatic carbocycles. The third kappa shape index (κ3) is 4.73. The summed E-state index contributed by atoms with van der Waals surface area (Å²) in [5.74, 6) is 0.416. The average molecular weight is 160 g/mol. The summed E-state index contributed by atoms with van der Waals surface area (Å²) >= 11 is 0. The molecule has 0 aromatic carbocycles. The molecule has 0 heterocycles. The van der Waals surface area contributed by atoms with Crippen molar-refractivity contribution in [3.05, 3.63) is 12.7 Å². The Morgan fingerprint density at radius 2 is 2.20 bits per heavy atom. The van der Waals surface area contributed by atoms with Crippen molar-refractivity contribution in [2.45, 2.75) is 20.1 Å². The van der Waals surface area contributed by atoms with Gasteiger partial charge in [0.2, 0.25) is 0 Å². The predicted molar refractivity (Wildman–Crippen MR) is 45.8 cm³/mol. The van der Waals surface area contributed by atoms with Gasteiger partial charge in [0.05, 0.1) is 6.61 Å². The Bertz CT molecular complexity index is 95.6. The second kappa shape index (κ2) is 5.65. The molecule has 2 nitrogen and oxygen atoms in total. The molecule has 0 radical (unpaired) electrons. The number of rotatable bonds is 5. The lowest BCUT2D eigenvalue weighted by atomic mass is 10.2. The van der Waals surface area contributed by atoms with E-state index < -0.39 is 0 Å². The normalized spacial score (nSPS) is 16.6. The number of hydrogen-bond donors (Lipinski definition) is 0. The Morgan fingerprint density at radius 1 is 1.60 bits per heavy atom. The largest absolute Gasteiger partial charge is 0.404 e. The lowest BCUT2D eigenvalue weighted by Crippen LogP contribution is -2.14. The van der Waals surface area contributed by atoms with Crippen molar-refractivity contribution in [1.82, 2.24) is 0 Å². The van der Waals surface area contributed by atoms with Crippen LogP contribution in [0, 0.1) is 5.92 Å². The van der Waals surface area contributed by atoms with E-state index in [4.69, 9.17) is 9.16 Å². The second-order valence-electron chi connectivity index (χ2n) is 2.35. The number of hydrogen-bond acceptors (Lipinski definition) is 2. The highest BCUT2D eigenvalue weighted by Crippen LogP contribution is 1.99. The van der Waals surface area contributed by atoms with Gasteiger partial charge in [-0.2, -0.15) is 0 Å². The molecule has 0 spiro atoms. The standard InChI is InChI=1S/C7H16O2Si/c1-4-6(2)5-8-7(3)9-10/h4,6-7H,1,5H2,2-3,10H3. The summed E-state index contributed by atoms with van der Waals surface area (Å²) in [7, 11) is 0.734. The average Bonchev–Trinajstić information content (AvgIpc) is 1.99. The van der Waals surface area contributed by atoms with E-state index in [1.54, 1.807) is 0 Å². The molecule has 0 aromatic heterocycles. The molecule has 0 amide bonds. The minimum atomic E-state index is -0.0472. The maximum atomic E-state index is 5.29. The molecule has 0 aliphatic rings. The van der Waals surface area contributed by atoms with E-state index in [2.05, 4.69) is 13.5 Å². The highest BCUT2D eigenvalue weighted by atomic mass is 28.2. The Morgan fingerprint density at radius 3 is 2.60 bits per heavy atom. The summed E-state index contributed by atoms with van der Waals surface area (Å²) in [6.45, 7) is 8.32. The molecule has 0 saturated heterocycles. The van der Waals surface area contributed by atoms with Crippen LogP contribution in [0.4, 0.5) is 0 Å². The maximum Gasteiger partial charge on any atom is 0.149 e. The third-order valence-corrected chi connectivity index (χ3v) is 1.99. The van der Waals surface area contributed by atoms with E-state index in [-0.39, 0.29) is 6.29 Å². The van der Waals surface area contributed by atoms with Gasteiger partial charge in [0.15, 0.2) is 0 Å². The Kier molecular flexibility index (Phi) is 5.58. The molecular weight excluding hydrogens is 144 g/mol. The van der Waals surface area contributed by atoms with Crippen LogP contribution in [0.25, 0.3) is 0 Å². The fourth-order valence-electron chi connectivity index (χ4n) is 0.423. The molecule has 0 rings (SSSR count). The summed E-state index contributed by atoms with van der Waals surface area (Å²) in [6, 6.07) is 0. The second-order valence-corrected chi connectivity index (χ2v) is 2.82. The molecule has 2 unspecified atom stereocenters. The van der Waals surface area contributed by atoms with Crippen molar-refractivity contribution >= 4 is 10.5 Å². The molecule has 3 heteroatoms. The fraction of sp³-hybridized carbons (Fsp3) is 0.714. The van der Waals surface area contributed by atoms with Gasteiger partial charge in [-0.3, -0.25) is 0 Å². The predicted octanol–water partition coefficient (Wildman–Crippen LogP) is 0.468. The molecule has 10 heavy (non-hydrogen) atoms. The monoisotopic (exact) mass is 160 g/mol. The minimum Gasteiger partial charge on any atom is -0.404 e. The molecule has 0 fully saturated rings. The molecule has 60 valence electrons. The van der Waals surface area contributed by atoms with Gasteiger partial charge in [0.1, 0.15) is 16.8 Å². The zero-order valence-corrected chi connectivity index (χ0v) is 8.96. The third-order valence-electron chi connectivity index (χ3n) is 1.33. The van der Waals surface area contributed by atoms with Crippen LogP contribution in [0.15, 0.2) is 12.7 Å². The Hall–Kier alpha value is -0.123. The molecule has 0 bridgehead atoms. The Balaban J connectivity index is 3.25. The van der Waals surface area contributed by atoms with Gasteiger partial charge < -0.3 is 9.16 Å². The first kappa shape index (κ1) is 9.88. The molecule has 0 aliphatic heterocycles. The summed E-state index contributed by atoms with van der Waals surface area (Å²) in [5.41, 5.74) is 0. The lowest BCUT2D eigenvalue weighted by molar-refractivity contribution is -0.0695. The van der Waals surface area contributed by atoms with E-state index in [0.717, 1.165) is 10.5 Å². The van der Waals surface area contributed by atoms with Crippen LogP contribution in [-0.2, 0) is 9.16 Å². The SMILES string of the molecule is C=CC(C)COC(C)O[SiH3]. The van der Waals surface area contributed by atoms with Gasteiger partial charge in [-0.25, -0.2) is 0 Å². The smallest absolute Gasteiger partial charge is 0.149 e. The van der Waals surface area contributed by atoms with Gasteiger partial charge in [-0.1, -0.05) is 13.0 Å². The molecule has 0 saturated carbocycles. The summed E-state index contributed by atoms with van der Waals surface area (Å²) < 4.78 is 10.3. The molecule has 0 N–H and O–H groups in total. The van der Waals surface area contributed by atoms with Crippen molar-refractivity contribution in [1.29, 1.82) is 0 Å². The van der Waals surface area contributed by atoms with Gasteiger partial charge in [-0.15, -0.1) is 6.58 Å². The quantitative estimate of drug-likeness (QED) is 0.331. The summed E-state index contributed by atoms with van der Waals surface area (Å²) in [6.07, 6.45) is 1.83. The van der Waals surface area contributed by atoms with Crippen LogP contribution in [0.2, 0.25) is 0 Å². The van der Waals surface area contributed by atoms with Crippen LogP contribution >= 0.6 is 0 Å². The van der Waals surface area contributed by atoms with Crippen molar-refractivity contribution in [2.75, 3.05) is 6.61 Å². The highest BCUT2D eigenvalue weighted by Gasteiger charge is 2.00. The highest BCUT2D eigenvalue weighted by molar-refractivity contribution is 5.98. The van der Waals surface area contributed by atoms with Crippen LogP contribution in [-0.4, -0.2) is 23.4 Å². The van der Waals surface area contributed by atoms with E-state index in [9.17, 15) is 0 Å². The van der Waals surface area contributed by atoms with Crippen molar-refractivity contribution in [3.8, 4) is 0 Å². The van der Waals surface area contributed by atoms with Gasteiger partial charge >= 0.3 is 0 Å². The zero-order chi connectivity index (χ0) is 7.98. The van der Waals surface area contributed by atoms with Crippen molar-refractivity contribution in [3.63, 3.8) is 0 Å². The van der Waals surface area contributed by atoms with Crippen LogP contribution in [0.5, 0.6) is 0 Å². The minimum absolute atomic E-state index is 0.0472. The van der Waals surface area contributed by atoms with Gasteiger partial charge in [-0.05, 0) is 12.8 Å². The van der Waals surface area contributed by atoms with Crippen LogP contribution in [0.1, 0.15) is 13.8 Å². The van der Waals surface area contributed by atoms with Crippen LogP contribution in [0.3, 0.4) is 0 Å². The van der Waals surface area contributed by atoms with Crippen LogP contribution < -0.4 is 0 Å². The first-order chi connectivity index (χ1) is 4.70. The van der Waals surface area contributed by atoms with Gasteiger partial charge in [0, 0.05) is 0 Å². The zero-order valence-electron chi connectivity index (χ0n) is 6.96. The van der Waals surface area contributed by atoms with Crippen molar-refractivity contribution < 1.29 is 9.16 Å². The maximum absolute atomic E-state index is 5.29. The first-order valence-electron chi connectivity index (χ1n) is 3.47. The van der Waals surface area contributed by atoms with E-state index >= 15 is 0 Å². The van der Waals surface area contributed by atoms with E-state index in [0.29, 0.717) is 12.5 Å². The van der Waals surface area contributed by atoms with E-state index in [1.807, 2.05) is 13.0 Å². The lowest BCUT2D eigenvalue weighted by Gasteiger charge is -2.13. The number of ether oxygens (including phenoxy) is 1.